The number of halogens is 1. The standard InChI is InChI=1S/C15H16ClNOS/c1-2-17(11-12-6-3-4-8-14(12)16)15(18)10-13-7-5-9-19-13/h3-9H,2,10-11H2,1H3. The van der Waals surface area contributed by atoms with Crippen LogP contribution in [0.25, 0.3) is 0 Å². The number of amides is 1. The van der Waals surface area contributed by atoms with Gasteiger partial charge in [0.25, 0.3) is 0 Å². The normalized spacial score (nSPS) is 10.4. The molecule has 0 N–H and O–H groups in total. The summed E-state index contributed by atoms with van der Waals surface area (Å²) in [6.45, 7) is 3.25. The largest absolute Gasteiger partial charge is 0.338 e. The molecule has 1 aromatic carbocycles. The van der Waals surface area contributed by atoms with E-state index < -0.39 is 0 Å². The third kappa shape index (κ3) is 3.82. The zero-order valence-corrected chi connectivity index (χ0v) is 12.4. The molecule has 0 saturated carbocycles. The molecule has 0 radical (unpaired) electrons. The number of carbonyl (C=O) groups excluding carboxylic acids is 1. The Bertz CT molecular complexity index is 539. The van der Waals surface area contributed by atoms with Crippen molar-refractivity contribution in [2.24, 2.45) is 0 Å². The highest BCUT2D eigenvalue weighted by atomic mass is 35.5. The fraction of sp³-hybridized carbons (Fsp3) is 0.267. The van der Waals surface area contributed by atoms with Crippen LogP contribution in [0.15, 0.2) is 41.8 Å². The maximum absolute atomic E-state index is 12.2. The zero-order valence-electron chi connectivity index (χ0n) is 10.8. The van der Waals surface area contributed by atoms with E-state index in [9.17, 15) is 4.79 Å². The molecular formula is C15H16ClNOS. The Kier molecular flexibility index (Phi) is 5.00. The van der Waals surface area contributed by atoms with E-state index in [-0.39, 0.29) is 5.91 Å². The molecule has 0 saturated heterocycles. The molecule has 0 bridgehead atoms. The van der Waals surface area contributed by atoms with Crippen molar-refractivity contribution in [3.05, 3.63) is 57.2 Å². The molecular weight excluding hydrogens is 278 g/mol. The Hall–Kier alpha value is -1.32. The monoisotopic (exact) mass is 293 g/mol. The third-order valence-corrected chi connectivity index (χ3v) is 4.20. The number of rotatable bonds is 5. The van der Waals surface area contributed by atoms with Crippen molar-refractivity contribution >= 4 is 28.8 Å². The number of nitrogens with zero attached hydrogens (tertiary/aromatic N) is 1. The smallest absolute Gasteiger partial charge is 0.228 e. The van der Waals surface area contributed by atoms with Gasteiger partial charge >= 0.3 is 0 Å². The Morgan fingerprint density at radius 1 is 1.26 bits per heavy atom. The van der Waals surface area contributed by atoms with Gasteiger partial charge in [0.2, 0.25) is 5.91 Å². The first-order chi connectivity index (χ1) is 9.20. The van der Waals surface area contributed by atoms with Crippen LogP contribution in [0.3, 0.4) is 0 Å². The molecule has 2 aromatic rings. The fourth-order valence-corrected chi connectivity index (χ4v) is 2.77. The summed E-state index contributed by atoms with van der Waals surface area (Å²) in [6, 6.07) is 11.6. The average molecular weight is 294 g/mol. The first-order valence-electron chi connectivity index (χ1n) is 6.24. The van der Waals surface area contributed by atoms with Crippen LogP contribution in [0.1, 0.15) is 17.4 Å². The van der Waals surface area contributed by atoms with Gasteiger partial charge in [0.15, 0.2) is 0 Å². The summed E-state index contributed by atoms with van der Waals surface area (Å²) in [7, 11) is 0. The van der Waals surface area contributed by atoms with Crippen LogP contribution in [-0.2, 0) is 17.8 Å². The number of hydrogen-bond acceptors (Lipinski definition) is 2. The van der Waals surface area contributed by atoms with E-state index in [1.807, 2.05) is 53.6 Å². The molecule has 2 rings (SSSR count). The quantitative estimate of drug-likeness (QED) is 0.816. The highest BCUT2D eigenvalue weighted by molar-refractivity contribution is 7.10. The number of benzene rings is 1. The van der Waals surface area contributed by atoms with Gasteiger partial charge in [-0.15, -0.1) is 11.3 Å². The molecule has 19 heavy (non-hydrogen) atoms. The second-order valence-corrected chi connectivity index (χ2v) is 5.69. The lowest BCUT2D eigenvalue weighted by Gasteiger charge is -2.21. The van der Waals surface area contributed by atoms with Gasteiger partial charge in [-0.25, -0.2) is 0 Å². The molecule has 1 heterocycles. The highest BCUT2D eigenvalue weighted by Crippen LogP contribution is 2.18. The Labute approximate surface area is 122 Å². The molecule has 0 spiro atoms. The molecule has 0 atom stereocenters. The van der Waals surface area contributed by atoms with E-state index in [4.69, 9.17) is 11.6 Å². The zero-order chi connectivity index (χ0) is 13.7. The fourth-order valence-electron chi connectivity index (χ4n) is 1.88. The van der Waals surface area contributed by atoms with Gasteiger partial charge in [0.05, 0.1) is 6.42 Å². The van der Waals surface area contributed by atoms with Crippen LogP contribution in [0.5, 0.6) is 0 Å². The predicted molar refractivity (Wildman–Crippen MR) is 80.6 cm³/mol. The van der Waals surface area contributed by atoms with E-state index in [0.717, 1.165) is 10.4 Å². The maximum Gasteiger partial charge on any atom is 0.228 e. The van der Waals surface area contributed by atoms with Crippen molar-refractivity contribution < 1.29 is 4.79 Å². The second-order valence-electron chi connectivity index (χ2n) is 4.26. The third-order valence-electron chi connectivity index (χ3n) is 2.96. The van der Waals surface area contributed by atoms with E-state index in [1.54, 1.807) is 11.3 Å². The number of carbonyl (C=O) groups is 1. The van der Waals surface area contributed by atoms with Crippen LogP contribution in [0, 0.1) is 0 Å². The minimum absolute atomic E-state index is 0.143. The van der Waals surface area contributed by atoms with Crippen LogP contribution in [0.2, 0.25) is 5.02 Å². The van der Waals surface area contributed by atoms with E-state index >= 15 is 0 Å². The van der Waals surface area contributed by atoms with E-state index in [2.05, 4.69) is 0 Å². The van der Waals surface area contributed by atoms with Crippen molar-refractivity contribution in [1.29, 1.82) is 0 Å². The van der Waals surface area contributed by atoms with Crippen LogP contribution >= 0.6 is 22.9 Å². The van der Waals surface area contributed by atoms with Crippen molar-refractivity contribution in [2.75, 3.05) is 6.54 Å². The van der Waals surface area contributed by atoms with Crippen LogP contribution < -0.4 is 0 Å². The minimum atomic E-state index is 0.143. The maximum atomic E-state index is 12.2. The summed E-state index contributed by atoms with van der Waals surface area (Å²) in [5, 5.41) is 2.71. The van der Waals surface area contributed by atoms with Crippen LogP contribution in [-0.4, -0.2) is 17.4 Å². The summed E-state index contributed by atoms with van der Waals surface area (Å²) in [5.41, 5.74) is 0.991. The van der Waals surface area contributed by atoms with Crippen molar-refractivity contribution in [2.45, 2.75) is 19.9 Å². The lowest BCUT2D eigenvalue weighted by Crippen LogP contribution is -2.31. The lowest BCUT2D eigenvalue weighted by atomic mass is 10.2. The van der Waals surface area contributed by atoms with Gasteiger partial charge in [0.1, 0.15) is 0 Å². The lowest BCUT2D eigenvalue weighted by molar-refractivity contribution is -0.130. The first-order valence-corrected chi connectivity index (χ1v) is 7.50. The number of thiophene rings is 1. The summed E-state index contributed by atoms with van der Waals surface area (Å²) < 4.78 is 0. The SMILES string of the molecule is CCN(Cc1ccccc1Cl)C(=O)Cc1cccs1. The molecule has 4 heteroatoms. The molecule has 0 unspecified atom stereocenters. The van der Waals surface area contributed by atoms with Gasteiger partial charge in [0, 0.05) is 23.0 Å². The summed E-state index contributed by atoms with van der Waals surface area (Å²) in [4.78, 5) is 15.2. The van der Waals surface area contributed by atoms with Crippen molar-refractivity contribution in [1.82, 2.24) is 4.90 Å². The van der Waals surface area contributed by atoms with Gasteiger partial charge in [-0.1, -0.05) is 35.9 Å². The van der Waals surface area contributed by atoms with Crippen LogP contribution in [0.4, 0.5) is 0 Å². The Morgan fingerprint density at radius 3 is 2.68 bits per heavy atom. The Balaban J connectivity index is 2.04. The number of likely N-dealkylation sites (N-methyl/N-ethyl adjacent to an activating group) is 1. The molecule has 0 aliphatic carbocycles. The molecule has 0 aliphatic heterocycles. The first kappa shape index (κ1) is 14.1. The second kappa shape index (κ2) is 6.73. The number of hydrogen-bond donors (Lipinski definition) is 0. The van der Waals surface area contributed by atoms with Crippen molar-refractivity contribution in [3.63, 3.8) is 0 Å². The highest BCUT2D eigenvalue weighted by Gasteiger charge is 2.14. The summed E-state index contributed by atoms with van der Waals surface area (Å²) >= 11 is 7.75. The summed E-state index contributed by atoms with van der Waals surface area (Å²) in [6.07, 6.45) is 0.468. The van der Waals surface area contributed by atoms with Gasteiger partial charge in [-0.05, 0) is 30.0 Å². The Morgan fingerprint density at radius 2 is 2.05 bits per heavy atom. The minimum Gasteiger partial charge on any atom is -0.338 e. The van der Waals surface area contributed by atoms with Crippen molar-refractivity contribution in [3.8, 4) is 0 Å². The molecule has 100 valence electrons. The topological polar surface area (TPSA) is 20.3 Å². The molecule has 1 amide bonds. The predicted octanol–water partition coefficient (Wildman–Crippen LogP) is 3.99. The molecule has 0 fully saturated rings. The van der Waals surface area contributed by atoms with Gasteiger partial charge in [-0.3, -0.25) is 4.79 Å². The van der Waals surface area contributed by atoms with Gasteiger partial charge in [-0.2, -0.15) is 0 Å². The average Bonchev–Trinajstić information content (AvgIpc) is 2.90. The van der Waals surface area contributed by atoms with E-state index in [1.165, 1.54) is 0 Å². The molecule has 2 nitrogen and oxygen atoms in total. The van der Waals surface area contributed by atoms with E-state index in [0.29, 0.717) is 24.5 Å². The molecule has 0 aliphatic rings. The van der Waals surface area contributed by atoms with Gasteiger partial charge < -0.3 is 4.90 Å². The summed E-state index contributed by atoms with van der Waals surface area (Å²) in [5.74, 6) is 0.143. The molecule has 1 aromatic heterocycles.